The molecule has 1 fully saturated rings. The van der Waals surface area contributed by atoms with E-state index in [0.29, 0.717) is 6.61 Å². The first-order chi connectivity index (χ1) is 7.98. The molecule has 4 heteroatoms. The highest BCUT2D eigenvalue weighted by Crippen LogP contribution is 2.33. The number of ether oxygens (including phenoxy) is 1. The molecule has 0 aromatic carbocycles. The fourth-order valence-electron chi connectivity index (χ4n) is 1.84. The van der Waals surface area contributed by atoms with Crippen LogP contribution in [0.5, 0.6) is 0 Å². The molecular weight excluding hydrogens is 220 g/mol. The Balaban J connectivity index is 2.35. The largest absolute Gasteiger partial charge is 0.463 e. The molecule has 0 N–H and O–H groups in total. The van der Waals surface area contributed by atoms with Crippen LogP contribution in [0, 0.1) is 0 Å². The summed E-state index contributed by atoms with van der Waals surface area (Å²) in [6, 6.07) is 0. The topological polar surface area (TPSA) is 44.8 Å². The van der Waals surface area contributed by atoms with Crippen molar-refractivity contribution >= 4 is 5.97 Å². The molecule has 0 aromatic rings. The van der Waals surface area contributed by atoms with Gasteiger partial charge in [0.1, 0.15) is 11.7 Å². The van der Waals surface area contributed by atoms with E-state index >= 15 is 0 Å². The number of rotatable bonds is 6. The lowest BCUT2D eigenvalue weighted by molar-refractivity contribution is -0.370. The van der Waals surface area contributed by atoms with E-state index in [1.807, 2.05) is 6.92 Å². The maximum atomic E-state index is 11.4. The van der Waals surface area contributed by atoms with Gasteiger partial charge in [0.25, 0.3) is 0 Å². The molecule has 1 saturated carbocycles. The van der Waals surface area contributed by atoms with Crippen LogP contribution in [0.15, 0.2) is 12.2 Å². The number of hydrogen-bond donors (Lipinski definition) is 0. The third kappa shape index (κ3) is 4.13. The minimum atomic E-state index is -0.480. The average Bonchev–Trinajstić information content (AvgIpc) is 2.73. The summed E-state index contributed by atoms with van der Waals surface area (Å²) < 4.78 is 4.85. The molecule has 1 atom stereocenters. The molecule has 0 amide bonds. The third-order valence-corrected chi connectivity index (χ3v) is 3.08. The van der Waals surface area contributed by atoms with Gasteiger partial charge in [-0.25, -0.2) is 14.6 Å². The predicted octanol–water partition coefficient (Wildman–Crippen LogP) is 2.78. The molecule has 0 aliphatic heterocycles. The van der Waals surface area contributed by atoms with E-state index in [9.17, 15) is 4.79 Å². The molecular formula is C13H22O4. The van der Waals surface area contributed by atoms with Crippen LogP contribution in [0.1, 0.15) is 46.5 Å². The van der Waals surface area contributed by atoms with Crippen molar-refractivity contribution in [3.63, 3.8) is 0 Å². The van der Waals surface area contributed by atoms with E-state index in [-0.39, 0.29) is 11.2 Å². The molecule has 0 heterocycles. The van der Waals surface area contributed by atoms with Crippen LogP contribution >= 0.6 is 0 Å². The second-order valence-electron chi connectivity index (χ2n) is 4.72. The van der Waals surface area contributed by atoms with Crippen molar-refractivity contribution in [2.24, 2.45) is 0 Å². The van der Waals surface area contributed by atoms with Crippen molar-refractivity contribution in [2.45, 2.75) is 58.2 Å². The van der Waals surface area contributed by atoms with E-state index in [2.05, 4.69) is 6.58 Å². The van der Waals surface area contributed by atoms with Gasteiger partial charge >= 0.3 is 5.97 Å². The normalized spacial score (nSPS) is 19.9. The molecule has 1 unspecified atom stereocenters. The minimum Gasteiger partial charge on any atom is -0.463 e. The number of esters is 1. The first-order valence-corrected chi connectivity index (χ1v) is 6.19. The Labute approximate surface area is 103 Å². The third-order valence-electron chi connectivity index (χ3n) is 3.08. The van der Waals surface area contributed by atoms with Gasteiger partial charge in [-0.1, -0.05) is 19.4 Å². The fourth-order valence-corrected chi connectivity index (χ4v) is 1.84. The summed E-state index contributed by atoms with van der Waals surface area (Å²) in [5.41, 5.74) is 0.0666. The summed E-state index contributed by atoms with van der Waals surface area (Å²) >= 11 is 0. The van der Waals surface area contributed by atoms with E-state index in [1.54, 1.807) is 13.8 Å². The summed E-state index contributed by atoms with van der Waals surface area (Å²) in [6.45, 7) is 9.52. The second kappa shape index (κ2) is 6.17. The second-order valence-corrected chi connectivity index (χ2v) is 4.72. The zero-order valence-corrected chi connectivity index (χ0v) is 11.0. The van der Waals surface area contributed by atoms with Crippen LogP contribution in [0.3, 0.4) is 0 Å². The van der Waals surface area contributed by atoms with Crippen molar-refractivity contribution in [3.05, 3.63) is 12.2 Å². The SMILES string of the molecule is C=C(C(=O)OCC)C(C)OOC1(C)CCCC1. The van der Waals surface area contributed by atoms with Gasteiger partial charge in [-0.2, -0.15) is 0 Å². The molecule has 1 aliphatic carbocycles. The maximum Gasteiger partial charge on any atom is 0.336 e. The van der Waals surface area contributed by atoms with Crippen molar-refractivity contribution in [1.29, 1.82) is 0 Å². The van der Waals surface area contributed by atoms with E-state index in [1.165, 1.54) is 0 Å². The Bertz CT molecular complexity index is 279. The van der Waals surface area contributed by atoms with Crippen LogP contribution in [-0.2, 0) is 19.3 Å². The molecule has 4 nitrogen and oxygen atoms in total. The minimum absolute atomic E-state index is 0.219. The van der Waals surface area contributed by atoms with E-state index in [0.717, 1.165) is 25.7 Å². The van der Waals surface area contributed by atoms with Crippen LogP contribution in [-0.4, -0.2) is 24.3 Å². The Morgan fingerprint density at radius 2 is 2.00 bits per heavy atom. The van der Waals surface area contributed by atoms with Gasteiger partial charge in [0.2, 0.25) is 0 Å². The van der Waals surface area contributed by atoms with Crippen LogP contribution < -0.4 is 0 Å². The lowest BCUT2D eigenvalue weighted by Crippen LogP contribution is -2.29. The zero-order chi connectivity index (χ0) is 12.9. The van der Waals surface area contributed by atoms with Crippen molar-refractivity contribution < 1.29 is 19.3 Å². The van der Waals surface area contributed by atoms with Crippen LogP contribution in [0.25, 0.3) is 0 Å². The molecule has 1 rings (SSSR count). The first kappa shape index (κ1) is 14.2. The molecule has 0 bridgehead atoms. The Morgan fingerprint density at radius 1 is 1.41 bits per heavy atom. The van der Waals surface area contributed by atoms with Gasteiger partial charge in [-0.15, -0.1) is 0 Å². The highest BCUT2D eigenvalue weighted by atomic mass is 17.2. The monoisotopic (exact) mass is 242 g/mol. The van der Waals surface area contributed by atoms with Gasteiger partial charge in [-0.3, -0.25) is 0 Å². The van der Waals surface area contributed by atoms with Gasteiger partial charge < -0.3 is 4.74 Å². The molecule has 0 aromatic heterocycles. The Hall–Kier alpha value is -0.870. The van der Waals surface area contributed by atoms with E-state index < -0.39 is 12.1 Å². The highest BCUT2D eigenvalue weighted by molar-refractivity contribution is 5.88. The number of hydrogen-bond acceptors (Lipinski definition) is 4. The number of carbonyl (C=O) groups excluding carboxylic acids is 1. The van der Waals surface area contributed by atoms with Crippen molar-refractivity contribution in [2.75, 3.05) is 6.61 Å². The highest BCUT2D eigenvalue weighted by Gasteiger charge is 2.32. The summed E-state index contributed by atoms with van der Waals surface area (Å²) in [6.07, 6.45) is 3.82. The van der Waals surface area contributed by atoms with Gasteiger partial charge in [0.15, 0.2) is 0 Å². The smallest absolute Gasteiger partial charge is 0.336 e. The standard InChI is InChI=1S/C13H22O4/c1-5-15-12(14)10(2)11(3)16-17-13(4)8-6-7-9-13/h11H,2,5-9H2,1,3-4H3. The van der Waals surface area contributed by atoms with E-state index in [4.69, 9.17) is 14.5 Å². The summed E-state index contributed by atoms with van der Waals surface area (Å²) in [7, 11) is 0. The molecule has 0 saturated heterocycles. The average molecular weight is 242 g/mol. The number of carbonyl (C=O) groups is 1. The Kier molecular flexibility index (Phi) is 5.15. The van der Waals surface area contributed by atoms with Crippen LogP contribution in [0.4, 0.5) is 0 Å². The zero-order valence-electron chi connectivity index (χ0n) is 11.0. The Morgan fingerprint density at radius 3 is 2.53 bits per heavy atom. The predicted molar refractivity (Wildman–Crippen MR) is 64.3 cm³/mol. The van der Waals surface area contributed by atoms with Crippen LogP contribution in [0.2, 0.25) is 0 Å². The summed E-state index contributed by atoms with van der Waals surface area (Å²) in [5, 5.41) is 0. The molecule has 0 spiro atoms. The molecule has 0 radical (unpaired) electrons. The van der Waals surface area contributed by atoms with Gasteiger partial charge in [0.05, 0.1) is 12.2 Å². The van der Waals surface area contributed by atoms with Crippen molar-refractivity contribution in [1.82, 2.24) is 0 Å². The summed E-state index contributed by atoms with van der Waals surface area (Å²) in [4.78, 5) is 22.1. The molecule has 98 valence electrons. The fraction of sp³-hybridized carbons (Fsp3) is 0.769. The summed E-state index contributed by atoms with van der Waals surface area (Å²) in [5.74, 6) is -0.430. The quantitative estimate of drug-likeness (QED) is 0.311. The van der Waals surface area contributed by atoms with Gasteiger partial charge in [-0.05, 0) is 33.6 Å². The maximum absolute atomic E-state index is 11.4. The van der Waals surface area contributed by atoms with Gasteiger partial charge in [0, 0.05) is 0 Å². The first-order valence-electron chi connectivity index (χ1n) is 6.19. The molecule has 1 aliphatic rings. The lowest BCUT2D eigenvalue weighted by Gasteiger charge is -2.24. The molecule has 17 heavy (non-hydrogen) atoms. The lowest BCUT2D eigenvalue weighted by atomic mass is 10.1. The van der Waals surface area contributed by atoms with Crippen molar-refractivity contribution in [3.8, 4) is 0 Å².